The van der Waals surface area contributed by atoms with Crippen molar-refractivity contribution >= 4 is 24.4 Å². The fourth-order valence-corrected chi connectivity index (χ4v) is 2.23. The van der Waals surface area contributed by atoms with E-state index in [1.54, 1.807) is 0 Å². The smallest absolute Gasteiger partial charge is 0.104 e. The Morgan fingerprint density at radius 2 is 2.67 bits per heavy atom. The van der Waals surface area contributed by atoms with E-state index in [0.29, 0.717) is 10.7 Å². The van der Waals surface area contributed by atoms with Gasteiger partial charge in [0.25, 0.3) is 0 Å². The Bertz CT molecular complexity index is 79.1. The highest BCUT2D eigenvalue weighted by molar-refractivity contribution is 8.00. The molecule has 9 heavy (non-hydrogen) atoms. The van der Waals surface area contributed by atoms with E-state index in [0.717, 1.165) is 18.8 Å². The minimum absolute atomic E-state index is 0.428. The number of thioether (sulfide) groups is 1. The Labute approximate surface area is 65.9 Å². The van der Waals surface area contributed by atoms with Crippen molar-refractivity contribution in [3.8, 4) is 0 Å². The Morgan fingerprint density at radius 1 is 1.89 bits per heavy atom. The van der Waals surface area contributed by atoms with Gasteiger partial charge in [-0.1, -0.05) is 6.92 Å². The predicted octanol–water partition coefficient (Wildman–Crippen LogP) is 1.78. The number of hydrogen-bond donors (Lipinski definition) is 1. The minimum atomic E-state index is 0.428. The van der Waals surface area contributed by atoms with Crippen LogP contribution in [0.25, 0.3) is 0 Å². The van der Waals surface area contributed by atoms with Gasteiger partial charge in [-0.15, -0.1) is 11.8 Å². The van der Waals surface area contributed by atoms with Gasteiger partial charge >= 0.3 is 0 Å². The van der Waals surface area contributed by atoms with Crippen molar-refractivity contribution in [1.82, 2.24) is 0 Å². The first-order chi connectivity index (χ1) is 4.29. The first-order valence-electron chi connectivity index (χ1n) is 3.20. The highest BCUT2D eigenvalue weighted by Crippen LogP contribution is 2.24. The number of thiol groups is 1. The van der Waals surface area contributed by atoms with Crippen LogP contribution in [0.5, 0.6) is 0 Å². The van der Waals surface area contributed by atoms with Gasteiger partial charge in [0.1, 0.15) is 5.44 Å². The molecule has 0 spiro atoms. The molecule has 1 rings (SSSR count). The van der Waals surface area contributed by atoms with Gasteiger partial charge in [0.05, 0.1) is 6.61 Å². The van der Waals surface area contributed by atoms with Crippen LogP contribution < -0.4 is 0 Å². The second-order valence-electron chi connectivity index (χ2n) is 2.26. The molecule has 0 bridgehead atoms. The van der Waals surface area contributed by atoms with Crippen molar-refractivity contribution in [3.63, 3.8) is 0 Å². The van der Waals surface area contributed by atoms with Gasteiger partial charge in [-0.2, -0.15) is 12.6 Å². The molecule has 2 unspecified atom stereocenters. The molecule has 54 valence electrons. The SMILES string of the molecule is CC(S)CC1OCCS1. The summed E-state index contributed by atoms with van der Waals surface area (Å²) in [5.74, 6) is 1.16. The Hall–Kier alpha value is 0.660. The van der Waals surface area contributed by atoms with Gasteiger partial charge in [-0.05, 0) is 6.42 Å². The predicted molar refractivity (Wildman–Crippen MR) is 45.3 cm³/mol. The van der Waals surface area contributed by atoms with Crippen molar-refractivity contribution in [3.05, 3.63) is 0 Å². The van der Waals surface area contributed by atoms with Gasteiger partial charge in [-0.3, -0.25) is 0 Å². The molecular weight excluding hydrogens is 152 g/mol. The zero-order valence-electron chi connectivity index (χ0n) is 5.54. The van der Waals surface area contributed by atoms with Crippen LogP contribution >= 0.6 is 24.4 Å². The summed E-state index contributed by atoms with van der Waals surface area (Å²) < 4.78 is 5.38. The lowest BCUT2D eigenvalue weighted by Crippen LogP contribution is -2.06. The molecule has 0 aromatic heterocycles. The maximum Gasteiger partial charge on any atom is 0.104 e. The fourth-order valence-electron chi connectivity index (χ4n) is 0.822. The third kappa shape index (κ3) is 2.83. The van der Waals surface area contributed by atoms with E-state index in [1.807, 2.05) is 11.8 Å². The number of rotatable bonds is 2. The van der Waals surface area contributed by atoms with Gasteiger partial charge in [0, 0.05) is 11.0 Å². The van der Waals surface area contributed by atoms with Crippen LogP contribution in [-0.4, -0.2) is 23.0 Å². The second-order valence-corrected chi connectivity index (χ2v) is 4.40. The Kier molecular flexibility index (Phi) is 3.22. The molecule has 0 N–H and O–H groups in total. The van der Waals surface area contributed by atoms with Crippen molar-refractivity contribution in [2.75, 3.05) is 12.4 Å². The summed E-state index contributed by atoms with van der Waals surface area (Å²) in [6, 6.07) is 0. The van der Waals surface area contributed by atoms with Crippen molar-refractivity contribution < 1.29 is 4.74 Å². The topological polar surface area (TPSA) is 9.23 Å². The summed E-state index contributed by atoms with van der Waals surface area (Å²) in [5, 5.41) is 0.473. The van der Waals surface area contributed by atoms with Gasteiger partial charge < -0.3 is 4.74 Å². The van der Waals surface area contributed by atoms with E-state index >= 15 is 0 Å². The van der Waals surface area contributed by atoms with E-state index in [2.05, 4.69) is 19.6 Å². The third-order valence-electron chi connectivity index (χ3n) is 1.22. The minimum Gasteiger partial charge on any atom is -0.367 e. The van der Waals surface area contributed by atoms with Crippen LogP contribution in [0.2, 0.25) is 0 Å². The summed E-state index contributed by atoms with van der Waals surface area (Å²) in [6.07, 6.45) is 1.08. The molecule has 1 aliphatic heterocycles. The molecule has 0 aliphatic carbocycles. The molecule has 2 atom stereocenters. The van der Waals surface area contributed by atoms with Gasteiger partial charge in [-0.25, -0.2) is 0 Å². The first kappa shape index (κ1) is 7.76. The van der Waals surface area contributed by atoms with Crippen molar-refractivity contribution in [1.29, 1.82) is 0 Å². The standard InChI is InChI=1S/C6H12OS2/c1-5(8)4-6-7-2-3-9-6/h5-6,8H,2-4H2,1H3. The molecular formula is C6H12OS2. The third-order valence-corrected chi connectivity index (χ3v) is 2.54. The highest BCUT2D eigenvalue weighted by atomic mass is 32.2. The summed E-state index contributed by atoms with van der Waals surface area (Å²) in [6.45, 7) is 3.03. The molecule has 0 amide bonds. The van der Waals surface area contributed by atoms with E-state index in [9.17, 15) is 0 Å². The second kappa shape index (κ2) is 3.74. The zero-order chi connectivity index (χ0) is 6.69. The van der Waals surface area contributed by atoms with Gasteiger partial charge in [0.2, 0.25) is 0 Å². The summed E-state index contributed by atoms with van der Waals surface area (Å²) in [4.78, 5) is 0. The van der Waals surface area contributed by atoms with Crippen LogP contribution in [0.1, 0.15) is 13.3 Å². The first-order valence-corrected chi connectivity index (χ1v) is 4.77. The molecule has 0 radical (unpaired) electrons. The quantitative estimate of drug-likeness (QED) is 0.623. The van der Waals surface area contributed by atoms with E-state index in [1.165, 1.54) is 0 Å². The average molecular weight is 164 g/mol. The number of hydrogen-bond acceptors (Lipinski definition) is 3. The maximum atomic E-state index is 5.38. The Balaban J connectivity index is 2.11. The van der Waals surface area contributed by atoms with Crippen LogP contribution in [0.15, 0.2) is 0 Å². The summed E-state index contributed by atoms with van der Waals surface area (Å²) in [7, 11) is 0. The van der Waals surface area contributed by atoms with E-state index in [4.69, 9.17) is 4.74 Å². The molecule has 1 aliphatic rings. The normalized spacial score (nSPS) is 30.7. The van der Waals surface area contributed by atoms with E-state index in [-0.39, 0.29) is 0 Å². The maximum absolute atomic E-state index is 5.38. The molecule has 1 heterocycles. The lowest BCUT2D eigenvalue weighted by atomic mass is 10.3. The summed E-state index contributed by atoms with van der Waals surface area (Å²) >= 11 is 6.18. The van der Waals surface area contributed by atoms with Crippen LogP contribution in [0.4, 0.5) is 0 Å². The average Bonchev–Trinajstić information content (AvgIpc) is 2.15. The molecule has 1 saturated heterocycles. The zero-order valence-corrected chi connectivity index (χ0v) is 7.25. The van der Waals surface area contributed by atoms with Crippen LogP contribution in [-0.2, 0) is 4.74 Å². The van der Waals surface area contributed by atoms with E-state index < -0.39 is 0 Å². The summed E-state index contributed by atoms with van der Waals surface area (Å²) in [5.41, 5.74) is 0.428. The monoisotopic (exact) mass is 164 g/mol. The molecule has 1 fully saturated rings. The lowest BCUT2D eigenvalue weighted by molar-refractivity contribution is 0.138. The largest absolute Gasteiger partial charge is 0.367 e. The molecule has 3 heteroatoms. The fraction of sp³-hybridized carbons (Fsp3) is 1.00. The highest BCUT2D eigenvalue weighted by Gasteiger charge is 2.16. The molecule has 0 aromatic rings. The van der Waals surface area contributed by atoms with Gasteiger partial charge in [0.15, 0.2) is 0 Å². The molecule has 0 aromatic carbocycles. The van der Waals surface area contributed by atoms with Crippen molar-refractivity contribution in [2.24, 2.45) is 0 Å². The Morgan fingerprint density at radius 3 is 3.11 bits per heavy atom. The number of ether oxygens (including phenoxy) is 1. The van der Waals surface area contributed by atoms with Crippen LogP contribution in [0, 0.1) is 0 Å². The van der Waals surface area contributed by atoms with Crippen LogP contribution in [0.3, 0.4) is 0 Å². The lowest BCUT2D eigenvalue weighted by Gasteiger charge is -2.09. The van der Waals surface area contributed by atoms with Crippen molar-refractivity contribution in [2.45, 2.75) is 24.0 Å². The molecule has 1 nitrogen and oxygen atoms in total. The molecule has 0 saturated carbocycles.